The number of hydrogen-bond acceptors (Lipinski definition) is 4. The summed E-state index contributed by atoms with van der Waals surface area (Å²) in [6.45, 7) is 1.66. The predicted octanol–water partition coefficient (Wildman–Crippen LogP) is 4.47. The highest BCUT2D eigenvalue weighted by Crippen LogP contribution is 2.32. The molecule has 6 heteroatoms. The Morgan fingerprint density at radius 2 is 1.40 bits per heavy atom. The first-order valence-electron chi connectivity index (χ1n) is 7.95. The van der Waals surface area contributed by atoms with E-state index in [-0.39, 0.29) is 6.10 Å². The van der Waals surface area contributed by atoms with Gasteiger partial charge < -0.3 is 10.1 Å². The van der Waals surface area contributed by atoms with Gasteiger partial charge in [0.1, 0.15) is 11.8 Å². The lowest BCUT2D eigenvalue weighted by atomic mass is 10.0. The van der Waals surface area contributed by atoms with Crippen LogP contribution in [0.25, 0.3) is 22.5 Å². The highest BCUT2D eigenvalue weighted by Gasteiger charge is 2.20. The lowest BCUT2D eigenvalue weighted by Crippen LogP contribution is -2.50. The Labute approximate surface area is 155 Å². The minimum atomic E-state index is 0.147. The molecule has 4 nitrogen and oxygen atoms in total. The first-order valence-corrected chi connectivity index (χ1v) is 8.71. The zero-order valence-electron chi connectivity index (χ0n) is 13.2. The number of nitrogens with one attached hydrogen (secondary N) is 1. The van der Waals surface area contributed by atoms with Crippen molar-refractivity contribution < 1.29 is 4.74 Å². The average molecular weight is 372 g/mol. The molecule has 0 radical (unpaired) electrons. The molecule has 2 aromatic carbocycles. The minimum absolute atomic E-state index is 0.147. The van der Waals surface area contributed by atoms with Gasteiger partial charge in [-0.3, -0.25) is 0 Å². The molecule has 0 bridgehead atoms. The van der Waals surface area contributed by atoms with Crippen LogP contribution in [0.15, 0.2) is 54.7 Å². The second-order valence-electron chi connectivity index (χ2n) is 5.82. The fourth-order valence-corrected chi connectivity index (χ4v) is 2.83. The van der Waals surface area contributed by atoms with Crippen molar-refractivity contribution in [3.8, 4) is 28.4 Å². The molecule has 1 aromatic heterocycles. The Bertz CT molecular complexity index is 878. The summed E-state index contributed by atoms with van der Waals surface area (Å²) in [5.74, 6) is 0.522. The van der Waals surface area contributed by atoms with E-state index in [1.165, 1.54) is 0 Å². The standard InChI is InChI=1S/C19H15Cl2N3O/c20-14-5-1-12(2-6-14)18-19(13-3-7-15(21)8-4-13)24-17(11-23-18)25-16-9-22-10-16/h1-8,11,16,22H,9-10H2. The highest BCUT2D eigenvalue weighted by atomic mass is 35.5. The molecule has 126 valence electrons. The van der Waals surface area contributed by atoms with E-state index in [1.807, 2.05) is 48.5 Å². The van der Waals surface area contributed by atoms with Crippen molar-refractivity contribution in [2.24, 2.45) is 0 Å². The summed E-state index contributed by atoms with van der Waals surface area (Å²) in [4.78, 5) is 9.31. The van der Waals surface area contributed by atoms with Gasteiger partial charge in [-0.15, -0.1) is 0 Å². The quantitative estimate of drug-likeness (QED) is 0.734. The van der Waals surface area contributed by atoms with Crippen molar-refractivity contribution in [3.63, 3.8) is 0 Å². The molecule has 1 N–H and O–H groups in total. The maximum Gasteiger partial charge on any atom is 0.233 e. The van der Waals surface area contributed by atoms with Crippen molar-refractivity contribution in [3.05, 3.63) is 64.8 Å². The van der Waals surface area contributed by atoms with Crippen LogP contribution in [0.3, 0.4) is 0 Å². The molecular weight excluding hydrogens is 357 g/mol. The molecule has 4 rings (SSSR count). The molecule has 1 aliphatic heterocycles. The first kappa shape index (κ1) is 16.3. The van der Waals surface area contributed by atoms with Gasteiger partial charge in [0.25, 0.3) is 0 Å². The fraction of sp³-hybridized carbons (Fsp3) is 0.158. The van der Waals surface area contributed by atoms with Crippen molar-refractivity contribution in [2.45, 2.75) is 6.10 Å². The third-order valence-corrected chi connectivity index (χ3v) is 4.52. The summed E-state index contributed by atoms with van der Waals surface area (Å²) in [5.41, 5.74) is 3.40. The van der Waals surface area contributed by atoms with E-state index in [2.05, 4.69) is 10.3 Å². The van der Waals surface area contributed by atoms with Gasteiger partial charge in [-0.1, -0.05) is 47.5 Å². The molecule has 0 aliphatic carbocycles. The predicted molar refractivity (Wildman–Crippen MR) is 100 cm³/mol. The zero-order chi connectivity index (χ0) is 17.2. The van der Waals surface area contributed by atoms with Crippen LogP contribution in [0, 0.1) is 0 Å². The number of halogens is 2. The van der Waals surface area contributed by atoms with Crippen molar-refractivity contribution >= 4 is 23.2 Å². The van der Waals surface area contributed by atoms with E-state index < -0.39 is 0 Å². The van der Waals surface area contributed by atoms with Crippen molar-refractivity contribution in [2.75, 3.05) is 13.1 Å². The van der Waals surface area contributed by atoms with E-state index in [0.717, 1.165) is 35.6 Å². The van der Waals surface area contributed by atoms with Gasteiger partial charge in [-0.2, -0.15) is 0 Å². The summed E-state index contributed by atoms with van der Waals surface area (Å²) >= 11 is 12.0. The normalized spacial score (nSPS) is 14.2. The van der Waals surface area contributed by atoms with Crippen LogP contribution in [0.5, 0.6) is 5.88 Å². The monoisotopic (exact) mass is 371 g/mol. The summed E-state index contributed by atoms with van der Waals surface area (Å²) < 4.78 is 5.86. The number of aromatic nitrogens is 2. The van der Waals surface area contributed by atoms with Gasteiger partial charge >= 0.3 is 0 Å². The molecule has 1 aliphatic rings. The Balaban J connectivity index is 1.78. The van der Waals surface area contributed by atoms with Crippen LogP contribution in [0.4, 0.5) is 0 Å². The molecule has 0 spiro atoms. The maximum atomic E-state index is 6.02. The van der Waals surface area contributed by atoms with Gasteiger partial charge in [0, 0.05) is 34.3 Å². The number of rotatable bonds is 4. The Morgan fingerprint density at radius 1 is 0.840 bits per heavy atom. The molecule has 2 heterocycles. The molecule has 0 atom stereocenters. The Kier molecular flexibility index (Phi) is 4.57. The van der Waals surface area contributed by atoms with Crippen LogP contribution in [0.2, 0.25) is 10.0 Å². The lowest BCUT2D eigenvalue weighted by Gasteiger charge is -2.27. The van der Waals surface area contributed by atoms with Crippen LogP contribution in [0.1, 0.15) is 0 Å². The molecule has 1 fully saturated rings. The summed E-state index contributed by atoms with van der Waals surface area (Å²) in [5, 5.41) is 4.54. The van der Waals surface area contributed by atoms with Gasteiger partial charge in [0.05, 0.1) is 11.9 Å². The summed E-state index contributed by atoms with van der Waals surface area (Å²) in [6, 6.07) is 15.1. The highest BCUT2D eigenvalue weighted by molar-refractivity contribution is 6.31. The van der Waals surface area contributed by atoms with E-state index in [4.69, 9.17) is 32.9 Å². The third-order valence-electron chi connectivity index (χ3n) is 4.02. The number of nitrogens with zero attached hydrogens (tertiary/aromatic N) is 2. The number of benzene rings is 2. The van der Waals surface area contributed by atoms with E-state index in [9.17, 15) is 0 Å². The van der Waals surface area contributed by atoms with Gasteiger partial charge in [0.15, 0.2) is 0 Å². The van der Waals surface area contributed by atoms with Gasteiger partial charge in [-0.05, 0) is 24.3 Å². The molecule has 25 heavy (non-hydrogen) atoms. The van der Waals surface area contributed by atoms with Crippen LogP contribution < -0.4 is 10.1 Å². The fourth-order valence-electron chi connectivity index (χ4n) is 2.57. The zero-order valence-corrected chi connectivity index (χ0v) is 14.8. The smallest absolute Gasteiger partial charge is 0.233 e. The molecule has 3 aromatic rings. The molecule has 0 amide bonds. The average Bonchev–Trinajstić information content (AvgIpc) is 2.60. The van der Waals surface area contributed by atoms with Gasteiger partial charge in [-0.25, -0.2) is 9.97 Å². The van der Waals surface area contributed by atoms with Crippen LogP contribution >= 0.6 is 23.2 Å². The Morgan fingerprint density at radius 3 is 1.92 bits per heavy atom. The first-order chi connectivity index (χ1) is 12.2. The summed E-state index contributed by atoms with van der Waals surface area (Å²) in [6.07, 6.45) is 1.82. The van der Waals surface area contributed by atoms with Crippen LogP contribution in [-0.2, 0) is 0 Å². The maximum absolute atomic E-state index is 6.02. The summed E-state index contributed by atoms with van der Waals surface area (Å²) in [7, 11) is 0. The number of ether oxygens (including phenoxy) is 1. The topological polar surface area (TPSA) is 47.0 Å². The molecule has 1 saturated heterocycles. The van der Waals surface area contributed by atoms with Gasteiger partial charge in [0.2, 0.25) is 5.88 Å². The molecule has 0 saturated carbocycles. The third kappa shape index (κ3) is 3.61. The largest absolute Gasteiger partial charge is 0.471 e. The second kappa shape index (κ2) is 7.00. The van der Waals surface area contributed by atoms with Crippen molar-refractivity contribution in [1.29, 1.82) is 0 Å². The van der Waals surface area contributed by atoms with E-state index in [0.29, 0.717) is 15.9 Å². The number of hydrogen-bond donors (Lipinski definition) is 1. The Hall–Kier alpha value is -2.14. The molecular formula is C19H15Cl2N3O. The van der Waals surface area contributed by atoms with Crippen molar-refractivity contribution in [1.82, 2.24) is 15.3 Å². The molecule has 0 unspecified atom stereocenters. The van der Waals surface area contributed by atoms with E-state index >= 15 is 0 Å². The van der Waals surface area contributed by atoms with E-state index in [1.54, 1.807) is 6.20 Å². The SMILES string of the molecule is Clc1ccc(-c2ncc(OC3CNC3)nc2-c2ccc(Cl)cc2)cc1. The van der Waals surface area contributed by atoms with Crippen LogP contribution in [-0.4, -0.2) is 29.2 Å². The lowest BCUT2D eigenvalue weighted by molar-refractivity contribution is 0.136. The second-order valence-corrected chi connectivity index (χ2v) is 6.69. The minimum Gasteiger partial charge on any atom is -0.471 e.